The summed E-state index contributed by atoms with van der Waals surface area (Å²) < 4.78 is 21.2. The van der Waals surface area contributed by atoms with Gasteiger partial charge in [-0.3, -0.25) is 4.57 Å². The summed E-state index contributed by atoms with van der Waals surface area (Å²) in [6, 6.07) is 4.19. The molecule has 0 fully saturated rings. The van der Waals surface area contributed by atoms with Crippen molar-refractivity contribution < 1.29 is 9.13 Å². The van der Waals surface area contributed by atoms with Crippen molar-refractivity contribution in [3.63, 3.8) is 0 Å². The number of rotatable bonds is 3. The minimum atomic E-state index is -0.283. The molecule has 0 amide bonds. The number of methoxy groups -OCH3 is 1. The van der Waals surface area contributed by atoms with E-state index in [4.69, 9.17) is 4.74 Å². The Hall–Kier alpha value is -1.58. The van der Waals surface area contributed by atoms with E-state index in [9.17, 15) is 4.39 Å². The Bertz CT molecular complexity index is 573. The highest BCUT2D eigenvalue weighted by Gasteiger charge is 2.18. The van der Waals surface area contributed by atoms with Gasteiger partial charge >= 0.3 is 0 Å². The van der Waals surface area contributed by atoms with Crippen molar-refractivity contribution in [1.82, 2.24) is 9.55 Å². The lowest BCUT2D eigenvalue weighted by atomic mass is 10.0. The van der Waals surface area contributed by atoms with Crippen LogP contribution in [0.1, 0.15) is 45.2 Å². The lowest BCUT2D eigenvalue weighted by Crippen LogP contribution is -2.03. The third-order valence-corrected chi connectivity index (χ3v) is 3.10. The lowest BCUT2D eigenvalue weighted by molar-refractivity contribution is 0.350. The molecule has 1 aromatic carbocycles. The third-order valence-electron chi connectivity index (χ3n) is 3.10. The Morgan fingerprint density at radius 1 is 1.22 bits per heavy atom. The number of benzene rings is 1. The number of aromatic nitrogens is 2. The van der Waals surface area contributed by atoms with Gasteiger partial charge in [0, 0.05) is 6.04 Å². The van der Waals surface area contributed by atoms with E-state index in [1.54, 1.807) is 13.2 Å². The number of halogens is 1. The molecule has 3 nitrogen and oxygen atoms in total. The van der Waals surface area contributed by atoms with Crippen LogP contribution in [0, 0.1) is 5.82 Å². The van der Waals surface area contributed by atoms with Crippen LogP contribution in [-0.2, 0) is 0 Å². The molecule has 0 aliphatic carbocycles. The quantitative estimate of drug-likeness (QED) is 0.826. The second-order valence-corrected chi connectivity index (χ2v) is 5.09. The van der Waals surface area contributed by atoms with Crippen molar-refractivity contribution in [3.8, 4) is 6.01 Å². The van der Waals surface area contributed by atoms with E-state index in [2.05, 4.69) is 4.98 Å². The molecule has 0 saturated carbocycles. The van der Waals surface area contributed by atoms with E-state index in [0.717, 1.165) is 11.1 Å². The van der Waals surface area contributed by atoms with Gasteiger partial charge < -0.3 is 4.74 Å². The molecule has 2 rings (SSSR count). The van der Waals surface area contributed by atoms with Crippen LogP contribution in [0.15, 0.2) is 12.1 Å². The Morgan fingerprint density at radius 2 is 1.89 bits per heavy atom. The van der Waals surface area contributed by atoms with Gasteiger partial charge in [0.15, 0.2) is 5.82 Å². The van der Waals surface area contributed by atoms with Crippen LogP contribution in [0.4, 0.5) is 4.39 Å². The van der Waals surface area contributed by atoms with Crippen molar-refractivity contribution >= 4 is 11.0 Å². The summed E-state index contributed by atoms with van der Waals surface area (Å²) in [7, 11) is 1.56. The molecule has 0 unspecified atom stereocenters. The first-order chi connectivity index (χ1) is 8.45. The monoisotopic (exact) mass is 250 g/mol. The Kier molecular flexibility index (Phi) is 3.28. The van der Waals surface area contributed by atoms with Crippen LogP contribution < -0.4 is 4.74 Å². The van der Waals surface area contributed by atoms with E-state index >= 15 is 0 Å². The standard InChI is InChI=1S/C14H19FN2O/c1-8(2)10-6-11(15)13-12(7-10)17(9(3)4)14(16-13)18-5/h6-9H,1-5H3. The van der Waals surface area contributed by atoms with Crippen molar-refractivity contribution in [2.75, 3.05) is 7.11 Å². The SMILES string of the molecule is COc1nc2c(F)cc(C(C)C)cc2n1C(C)C. The molecule has 0 spiro atoms. The molecule has 1 aromatic heterocycles. The average Bonchev–Trinajstić information content (AvgIpc) is 2.67. The van der Waals surface area contributed by atoms with Crippen molar-refractivity contribution in [3.05, 3.63) is 23.5 Å². The molecule has 4 heteroatoms. The van der Waals surface area contributed by atoms with Crippen LogP contribution in [0.2, 0.25) is 0 Å². The summed E-state index contributed by atoms with van der Waals surface area (Å²) in [4.78, 5) is 4.22. The van der Waals surface area contributed by atoms with Gasteiger partial charge in [-0.05, 0) is 37.5 Å². The zero-order valence-electron chi connectivity index (χ0n) is 11.5. The van der Waals surface area contributed by atoms with Gasteiger partial charge in [-0.15, -0.1) is 0 Å². The molecule has 0 aliphatic rings. The maximum absolute atomic E-state index is 14.1. The summed E-state index contributed by atoms with van der Waals surface area (Å²) in [5.74, 6) is -0.000642. The van der Waals surface area contributed by atoms with E-state index in [0.29, 0.717) is 11.5 Å². The lowest BCUT2D eigenvalue weighted by Gasteiger charge is -2.12. The summed E-state index contributed by atoms with van der Waals surface area (Å²) in [5, 5.41) is 0. The molecule has 0 atom stereocenters. The van der Waals surface area contributed by atoms with E-state index in [-0.39, 0.29) is 17.8 Å². The first-order valence-electron chi connectivity index (χ1n) is 6.21. The Morgan fingerprint density at radius 3 is 2.39 bits per heavy atom. The van der Waals surface area contributed by atoms with E-state index in [1.807, 2.05) is 38.3 Å². The van der Waals surface area contributed by atoms with Crippen LogP contribution >= 0.6 is 0 Å². The topological polar surface area (TPSA) is 27.1 Å². The number of hydrogen-bond donors (Lipinski definition) is 0. The highest BCUT2D eigenvalue weighted by molar-refractivity contribution is 5.78. The fourth-order valence-corrected chi connectivity index (χ4v) is 2.13. The molecular weight excluding hydrogens is 231 g/mol. The maximum Gasteiger partial charge on any atom is 0.297 e. The average molecular weight is 250 g/mol. The zero-order chi connectivity index (χ0) is 13.4. The zero-order valence-corrected chi connectivity index (χ0v) is 11.5. The number of imidazole rings is 1. The first-order valence-corrected chi connectivity index (χ1v) is 6.21. The van der Waals surface area contributed by atoms with Gasteiger partial charge in [-0.1, -0.05) is 13.8 Å². The van der Waals surface area contributed by atoms with E-state index < -0.39 is 0 Å². The van der Waals surface area contributed by atoms with Crippen LogP contribution in [-0.4, -0.2) is 16.7 Å². The Balaban J connectivity index is 2.79. The fraction of sp³-hybridized carbons (Fsp3) is 0.500. The smallest absolute Gasteiger partial charge is 0.297 e. The van der Waals surface area contributed by atoms with Crippen molar-refractivity contribution in [1.29, 1.82) is 0 Å². The molecule has 0 bridgehead atoms. The summed E-state index contributed by atoms with van der Waals surface area (Å²) in [6.07, 6.45) is 0. The molecule has 1 heterocycles. The van der Waals surface area contributed by atoms with Crippen LogP contribution in [0.3, 0.4) is 0 Å². The van der Waals surface area contributed by atoms with Gasteiger partial charge in [0.2, 0.25) is 0 Å². The van der Waals surface area contributed by atoms with Gasteiger partial charge in [-0.25, -0.2) is 4.39 Å². The molecule has 0 aliphatic heterocycles. The van der Waals surface area contributed by atoms with Crippen molar-refractivity contribution in [2.24, 2.45) is 0 Å². The predicted molar refractivity (Wildman–Crippen MR) is 70.7 cm³/mol. The molecular formula is C14H19FN2O. The van der Waals surface area contributed by atoms with Crippen LogP contribution in [0.5, 0.6) is 6.01 Å². The number of nitrogens with zero attached hydrogens (tertiary/aromatic N) is 2. The van der Waals surface area contributed by atoms with Crippen LogP contribution in [0.25, 0.3) is 11.0 Å². The fourth-order valence-electron chi connectivity index (χ4n) is 2.13. The number of ether oxygens (including phenoxy) is 1. The molecule has 2 aromatic rings. The molecule has 0 N–H and O–H groups in total. The summed E-state index contributed by atoms with van der Waals surface area (Å²) >= 11 is 0. The van der Waals surface area contributed by atoms with Gasteiger partial charge in [0.05, 0.1) is 12.6 Å². The minimum absolute atomic E-state index is 0.173. The summed E-state index contributed by atoms with van der Waals surface area (Å²) in [6.45, 7) is 8.16. The molecule has 0 radical (unpaired) electrons. The first kappa shape index (κ1) is 12.9. The largest absolute Gasteiger partial charge is 0.468 e. The van der Waals surface area contributed by atoms with E-state index in [1.165, 1.54) is 0 Å². The number of fused-ring (bicyclic) bond motifs is 1. The third kappa shape index (κ3) is 1.96. The second kappa shape index (κ2) is 4.59. The van der Waals surface area contributed by atoms with Crippen molar-refractivity contribution in [2.45, 2.75) is 39.7 Å². The summed E-state index contributed by atoms with van der Waals surface area (Å²) in [5.41, 5.74) is 2.15. The number of hydrogen-bond acceptors (Lipinski definition) is 2. The highest BCUT2D eigenvalue weighted by atomic mass is 19.1. The normalized spacial score (nSPS) is 11.8. The maximum atomic E-state index is 14.1. The second-order valence-electron chi connectivity index (χ2n) is 5.09. The molecule has 98 valence electrons. The van der Waals surface area contributed by atoms with Gasteiger partial charge in [-0.2, -0.15) is 4.98 Å². The molecule has 18 heavy (non-hydrogen) atoms. The predicted octanol–water partition coefficient (Wildman–Crippen LogP) is 3.89. The minimum Gasteiger partial charge on any atom is -0.468 e. The highest BCUT2D eigenvalue weighted by Crippen LogP contribution is 2.30. The van der Waals surface area contributed by atoms with Gasteiger partial charge in [0.1, 0.15) is 5.52 Å². The Labute approximate surface area is 107 Å². The molecule has 0 saturated heterocycles. The van der Waals surface area contributed by atoms with Gasteiger partial charge in [0.25, 0.3) is 6.01 Å².